The quantitative estimate of drug-likeness (QED) is 0.596. The van der Waals surface area contributed by atoms with E-state index in [-0.39, 0.29) is 12.5 Å². The molecule has 0 radical (unpaired) electrons. The molecule has 0 unspecified atom stereocenters. The SMILES string of the molecule is O=C(Nc1ccccn1)c1cn2cc(-c3cccc(CO)c3)ccc2n1. The van der Waals surface area contributed by atoms with Gasteiger partial charge in [0.05, 0.1) is 6.61 Å². The van der Waals surface area contributed by atoms with Gasteiger partial charge in [0, 0.05) is 18.6 Å². The lowest BCUT2D eigenvalue weighted by Crippen LogP contribution is -2.13. The van der Waals surface area contributed by atoms with Crippen LogP contribution in [0.1, 0.15) is 16.1 Å². The maximum absolute atomic E-state index is 12.4. The molecule has 26 heavy (non-hydrogen) atoms. The number of nitrogens with one attached hydrogen (secondary N) is 1. The predicted molar refractivity (Wildman–Crippen MR) is 98.7 cm³/mol. The van der Waals surface area contributed by atoms with Gasteiger partial charge in [-0.2, -0.15) is 0 Å². The van der Waals surface area contributed by atoms with E-state index in [1.165, 1.54) is 0 Å². The average Bonchev–Trinajstić information content (AvgIpc) is 3.12. The lowest BCUT2D eigenvalue weighted by Gasteiger charge is -2.04. The van der Waals surface area contributed by atoms with E-state index in [4.69, 9.17) is 0 Å². The summed E-state index contributed by atoms with van der Waals surface area (Å²) >= 11 is 0. The summed E-state index contributed by atoms with van der Waals surface area (Å²) in [4.78, 5) is 20.8. The molecule has 128 valence electrons. The van der Waals surface area contributed by atoms with Gasteiger partial charge in [0.25, 0.3) is 5.91 Å². The number of aliphatic hydroxyl groups is 1. The standard InChI is InChI=1S/C20H16N4O2/c25-13-14-4-3-5-15(10-14)16-7-8-19-22-17(12-24(19)11-16)20(26)23-18-6-1-2-9-21-18/h1-12,25H,13H2,(H,21,23,26). The fourth-order valence-electron chi connectivity index (χ4n) is 2.74. The molecule has 0 saturated carbocycles. The zero-order valence-corrected chi connectivity index (χ0v) is 13.8. The third-order valence-corrected chi connectivity index (χ3v) is 4.03. The van der Waals surface area contributed by atoms with Crippen molar-refractivity contribution >= 4 is 17.4 Å². The van der Waals surface area contributed by atoms with Gasteiger partial charge in [0.1, 0.15) is 17.2 Å². The number of aromatic nitrogens is 3. The molecule has 0 spiro atoms. The van der Waals surface area contributed by atoms with Crippen LogP contribution in [0, 0.1) is 0 Å². The highest BCUT2D eigenvalue weighted by Crippen LogP contribution is 2.21. The Morgan fingerprint density at radius 2 is 1.96 bits per heavy atom. The number of imidazole rings is 1. The van der Waals surface area contributed by atoms with Gasteiger partial charge in [-0.1, -0.05) is 24.3 Å². The van der Waals surface area contributed by atoms with Gasteiger partial charge in [-0.05, 0) is 47.0 Å². The Bertz CT molecular complexity index is 1070. The van der Waals surface area contributed by atoms with Crippen molar-refractivity contribution in [2.24, 2.45) is 0 Å². The van der Waals surface area contributed by atoms with Gasteiger partial charge >= 0.3 is 0 Å². The maximum Gasteiger partial charge on any atom is 0.277 e. The molecule has 3 aromatic heterocycles. The molecule has 4 aromatic rings. The van der Waals surface area contributed by atoms with E-state index in [1.54, 1.807) is 30.6 Å². The van der Waals surface area contributed by atoms with Crippen molar-refractivity contribution in [1.29, 1.82) is 0 Å². The largest absolute Gasteiger partial charge is 0.392 e. The van der Waals surface area contributed by atoms with Crippen molar-refractivity contribution < 1.29 is 9.90 Å². The molecular weight excluding hydrogens is 328 g/mol. The van der Waals surface area contributed by atoms with E-state index >= 15 is 0 Å². The number of benzene rings is 1. The first-order chi connectivity index (χ1) is 12.7. The van der Waals surface area contributed by atoms with Crippen LogP contribution < -0.4 is 5.32 Å². The minimum Gasteiger partial charge on any atom is -0.392 e. The van der Waals surface area contributed by atoms with Crippen LogP contribution in [-0.4, -0.2) is 25.4 Å². The zero-order chi connectivity index (χ0) is 17.9. The molecule has 6 nitrogen and oxygen atoms in total. The maximum atomic E-state index is 12.4. The summed E-state index contributed by atoms with van der Waals surface area (Å²) in [5.74, 6) is 0.173. The molecule has 0 atom stereocenters. The number of pyridine rings is 2. The molecule has 4 rings (SSSR count). The monoisotopic (exact) mass is 344 g/mol. The second-order valence-electron chi connectivity index (χ2n) is 5.84. The number of nitrogens with zero attached hydrogens (tertiary/aromatic N) is 3. The summed E-state index contributed by atoms with van der Waals surface area (Å²) in [5, 5.41) is 12.0. The van der Waals surface area contributed by atoms with Crippen molar-refractivity contribution in [3.63, 3.8) is 0 Å². The van der Waals surface area contributed by atoms with Gasteiger partial charge in [-0.25, -0.2) is 9.97 Å². The Balaban J connectivity index is 1.64. The van der Waals surface area contributed by atoms with Gasteiger partial charge in [0.2, 0.25) is 0 Å². The second kappa shape index (κ2) is 6.78. The first-order valence-corrected chi connectivity index (χ1v) is 8.14. The van der Waals surface area contributed by atoms with Crippen LogP contribution >= 0.6 is 0 Å². The Hall–Kier alpha value is -3.51. The number of rotatable bonds is 4. The van der Waals surface area contributed by atoms with Crippen LogP contribution in [0.4, 0.5) is 5.82 Å². The highest BCUT2D eigenvalue weighted by atomic mass is 16.3. The lowest BCUT2D eigenvalue weighted by atomic mass is 10.1. The van der Waals surface area contributed by atoms with Crippen molar-refractivity contribution in [3.8, 4) is 11.1 Å². The van der Waals surface area contributed by atoms with Crippen LogP contribution in [0.3, 0.4) is 0 Å². The highest BCUT2D eigenvalue weighted by molar-refractivity contribution is 6.02. The molecule has 2 N–H and O–H groups in total. The molecule has 0 saturated heterocycles. The first-order valence-electron chi connectivity index (χ1n) is 8.14. The molecule has 3 heterocycles. The molecule has 0 aliphatic heterocycles. The summed E-state index contributed by atoms with van der Waals surface area (Å²) in [5.41, 5.74) is 3.81. The van der Waals surface area contributed by atoms with E-state index < -0.39 is 0 Å². The van der Waals surface area contributed by atoms with E-state index in [9.17, 15) is 9.90 Å². The molecule has 0 aliphatic rings. The number of aliphatic hydroxyl groups excluding tert-OH is 1. The smallest absolute Gasteiger partial charge is 0.277 e. The van der Waals surface area contributed by atoms with Crippen LogP contribution in [0.25, 0.3) is 16.8 Å². The van der Waals surface area contributed by atoms with E-state index in [1.807, 2.05) is 47.0 Å². The molecule has 0 bridgehead atoms. The summed E-state index contributed by atoms with van der Waals surface area (Å²) in [6.45, 7) is -0.000992. The van der Waals surface area contributed by atoms with Crippen LogP contribution in [0.2, 0.25) is 0 Å². The number of carbonyl (C=O) groups is 1. The van der Waals surface area contributed by atoms with E-state index in [0.29, 0.717) is 17.2 Å². The van der Waals surface area contributed by atoms with Gasteiger partial charge in [0.15, 0.2) is 0 Å². The van der Waals surface area contributed by atoms with Crippen molar-refractivity contribution in [3.05, 3.63) is 84.4 Å². The molecule has 1 amide bonds. The summed E-state index contributed by atoms with van der Waals surface area (Å²) in [6, 6.07) is 16.8. The molecule has 0 fully saturated rings. The van der Waals surface area contributed by atoms with Crippen molar-refractivity contribution in [2.45, 2.75) is 6.61 Å². The van der Waals surface area contributed by atoms with Gasteiger partial charge < -0.3 is 14.8 Å². The molecule has 1 aromatic carbocycles. The number of carbonyl (C=O) groups excluding carboxylic acids is 1. The van der Waals surface area contributed by atoms with Crippen LogP contribution in [0.5, 0.6) is 0 Å². The molecule has 6 heteroatoms. The number of amides is 1. The average molecular weight is 344 g/mol. The number of hydrogen-bond acceptors (Lipinski definition) is 4. The van der Waals surface area contributed by atoms with Crippen LogP contribution in [-0.2, 0) is 6.61 Å². The number of hydrogen-bond donors (Lipinski definition) is 2. The Morgan fingerprint density at radius 1 is 1.04 bits per heavy atom. The lowest BCUT2D eigenvalue weighted by molar-refractivity contribution is 0.102. The fourth-order valence-corrected chi connectivity index (χ4v) is 2.74. The topological polar surface area (TPSA) is 79.5 Å². The Kier molecular flexibility index (Phi) is 4.17. The van der Waals surface area contributed by atoms with Gasteiger partial charge in [-0.15, -0.1) is 0 Å². The third kappa shape index (κ3) is 3.18. The second-order valence-corrected chi connectivity index (χ2v) is 5.84. The normalized spacial score (nSPS) is 10.8. The number of anilines is 1. The van der Waals surface area contributed by atoms with Crippen molar-refractivity contribution in [2.75, 3.05) is 5.32 Å². The summed E-state index contributed by atoms with van der Waals surface area (Å²) in [7, 11) is 0. The van der Waals surface area contributed by atoms with Crippen molar-refractivity contribution in [1.82, 2.24) is 14.4 Å². The predicted octanol–water partition coefficient (Wildman–Crippen LogP) is 3.14. The summed E-state index contributed by atoms with van der Waals surface area (Å²) < 4.78 is 1.81. The summed E-state index contributed by atoms with van der Waals surface area (Å²) in [6.07, 6.45) is 5.22. The Labute approximate surface area is 149 Å². The number of fused-ring (bicyclic) bond motifs is 1. The Morgan fingerprint density at radius 3 is 2.77 bits per heavy atom. The van der Waals surface area contributed by atoms with Gasteiger partial charge in [-0.3, -0.25) is 4.79 Å². The van der Waals surface area contributed by atoms with Crippen LogP contribution in [0.15, 0.2) is 73.2 Å². The first kappa shape index (κ1) is 16.0. The minimum absolute atomic E-state index is 0.000992. The zero-order valence-electron chi connectivity index (χ0n) is 13.8. The third-order valence-electron chi connectivity index (χ3n) is 4.03. The van der Waals surface area contributed by atoms with E-state index in [2.05, 4.69) is 15.3 Å². The highest BCUT2D eigenvalue weighted by Gasteiger charge is 2.12. The molecule has 0 aliphatic carbocycles. The van der Waals surface area contributed by atoms with E-state index in [0.717, 1.165) is 16.7 Å². The molecular formula is C20H16N4O2. The fraction of sp³-hybridized carbons (Fsp3) is 0.0500. The minimum atomic E-state index is -0.309.